The molecule has 1 saturated heterocycles. The van der Waals surface area contributed by atoms with E-state index in [2.05, 4.69) is 6.92 Å². The van der Waals surface area contributed by atoms with E-state index in [-0.39, 0.29) is 0 Å². The van der Waals surface area contributed by atoms with Crippen molar-refractivity contribution in [1.82, 2.24) is 0 Å². The first-order valence-corrected chi connectivity index (χ1v) is 7.07. The lowest BCUT2D eigenvalue weighted by Crippen LogP contribution is -2.35. The molecule has 1 aromatic rings. The van der Waals surface area contributed by atoms with Gasteiger partial charge < -0.3 is 10.6 Å². The lowest BCUT2D eigenvalue weighted by Gasteiger charge is -2.34. The molecule has 0 aliphatic carbocycles. The molecule has 1 atom stereocenters. The van der Waals surface area contributed by atoms with Crippen molar-refractivity contribution in [2.24, 2.45) is 11.7 Å². The number of anilines is 1. The van der Waals surface area contributed by atoms with Gasteiger partial charge in [-0.2, -0.15) is 13.2 Å². The summed E-state index contributed by atoms with van der Waals surface area (Å²) in [6, 6.07) is 4.62. The van der Waals surface area contributed by atoms with Crippen molar-refractivity contribution in [2.45, 2.75) is 32.4 Å². The second-order valence-corrected chi connectivity index (χ2v) is 5.58. The fraction of sp³-hybridized carbons (Fsp3) is 0.600. The fourth-order valence-electron chi connectivity index (χ4n) is 2.82. The van der Waals surface area contributed by atoms with Gasteiger partial charge in [0.05, 0.1) is 5.56 Å². The first-order chi connectivity index (χ1) is 9.41. The second kappa shape index (κ2) is 6.04. The number of piperidine rings is 1. The van der Waals surface area contributed by atoms with Crippen LogP contribution in [0.2, 0.25) is 0 Å². The summed E-state index contributed by atoms with van der Waals surface area (Å²) >= 11 is 0. The topological polar surface area (TPSA) is 29.3 Å². The van der Waals surface area contributed by atoms with Crippen molar-refractivity contribution in [3.8, 4) is 0 Å². The number of rotatable bonds is 3. The molecule has 2 rings (SSSR count). The average Bonchev–Trinajstić information content (AvgIpc) is 2.38. The highest BCUT2D eigenvalue weighted by Crippen LogP contribution is 2.38. The van der Waals surface area contributed by atoms with E-state index in [1.54, 1.807) is 12.1 Å². The number of alkyl halides is 3. The zero-order chi connectivity index (χ0) is 14.8. The molecule has 1 aliphatic rings. The van der Waals surface area contributed by atoms with Crippen LogP contribution in [0.3, 0.4) is 0 Å². The van der Waals surface area contributed by atoms with Gasteiger partial charge in [0.15, 0.2) is 0 Å². The number of nitrogens with two attached hydrogens (primary N) is 1. The van der Waals surface area contributed by atoms with Crippen LogP contribution < -0.4 is 10.6 Å². The Morgan fingerprint density at radius 2 is 2.10 bits per heavy atom. The molecule has 0 saturated carbocycles. The van der Waals surface area contributed by atoms with E-state index in [0.29, 0.717) is 43.2 Å². The molecular formula is C15H21F3N2. The van der Waals surface area contributed by atoms with Crippen LogP contribution in [-0.4, -0.2) is 19.6 Å². The van der Waals surface area contributed by atoms with E-state index in [9.17, 15) is 13.2 Å². The minimum absolute atomic E-state index is 0.310. The molecule has 1 aromatic carbocycles. The third kappa shape index (κ3) is 3.45. The summed E-state index contributed by atoms with van der Waals surface area (Å²) in [5, 5.41) is 0. The summed E-state index contributed by atoms with van der Waals surface area (Å²) < 4.78 is 39.8. The Kier molecular flexibility index (Phi) is 4.58. The monoisotopic (exact) mass is 286 g/mol. The molecule has 0 radical (unpaired) electrons. The highest BCUT2D eigenvalue weighted by atomic mass is 19.4. The summed E-state index contributed by atoms with van der Waals surface area (Å²) in [6.45, 7) is 3.84. The average molecular weight is 286 g/mol. The zero-order valence-electron chi connectivity index (χ0n) is 11.7. The van der Waals surface area contributed by atoms with Gasteiger partial charge in [0, 0.05) is 18.8 Å². The van der Waals surface area contributed by atoms with Gasteiger partial charge in [-0.25, -0.2) is 0 Å². The lowest BCUT2D eigenvalue weighted by atomic mass is 9.97. The minimum Gasteiger partial charge on any atom is -0.371 e. The van der Waals surface area contributed by atoms with Crippen LogP contribution in [0.25, 0.3) is 0 Å². The standard InChI is InChI=1S/C15H21F3N2/c1-11-3-2-8-20(10-11)14-5-4-12(6-7-19)9-13(14)15(16,17)18/h4-5,9,11H,2-3,6-8,10,19H2,1H3. The Morgan fingerprint density at radius 1 is 1.35 bits per heavy atom. The van der Waals surface area contributed by atoms with Crippen LogP contribution in [0.15, 0.2) is 18.2 Å². The van der Waals surface area contributed by atoms with E-state index in [0.717, 1.165) is 12.8 Å². The van der Waals surface area contributed by atoms with Crippen LogP contribution >= 0.6 is 0 Å². The molecule has 2 N–H and O–H groups in total. The maximum atomic E-state index is 13.3. The van der Waals surface area contributed by atoms with Crippen LogP contribution in [0.4, 0.5) is 18.9 Å². The van der Waals surface area contributed by atoms with Crippen molar-refractivity contribution in [3.05, 3.63) is 29.3 Å². The van der Waals surface area contributed by atoms with Crippen molar-refractivity contribution >= 4 is 5.69 Å². The summed E-state index contributed by atoms with van der Waals surface area (Å²) in [4.78, 5) is 1.86. The van der Waals surface area contributed by atoms with Gasteiger partial charge in [-0.3, -0.25) is 0 Å². The van der Waals surface area contributed by atoms with Gasteiger partial charge >= 0.3 is 6.18 Å². The Bertz CT molecular complexity index is 457. The first-order valence-electron chi connectivity index (χ1n) is 7.07. The molecule has 0 spiro atoms. The zero-order valence-corrected chi connectivity index (χ0v) is 11.7. The number of hydrogen-bond donors (Lipinski definition) is 1. The number of halogens is 3. The fourth-order valence-corrected chi connectivity index (χ4v) is 2.82. The van der Waals surface area contributed by atoms with Gasteiger partial charge in [-0.1, -0.05) is 13.0 Å². The van der Waals surface area contributed by atoms with Gasteiger partial charge in [0.1, 0.15) is 0 Å². The van der Waals surface area contributed by atoms with Crippen molar-refractivity contribution in [2.75, 3.05) is 24.5 Å². The second-order valence-electron chi connectivity index (χ2n) is 5.58. The maximum absolute atomic E-state index is 13.3. The normalized spacial score (nSPS) is 20.2. The molecular weight excluding hydrogens is 265 g/mol. The largest absolute Gasteiger partial charge is 0.418 e. The van der Waals surface area contributed by atoms with Gasteiger partial charge in [-0.15, -0.1) is 0 Å². The predicted octanol–water partition coefficient (Wildman–Crippen LogP) is 3.44. The third-order valence-corrected chi connectivity index (χ3v) is 3.80. The minimum atomic E-state index is -4.32. The molecule has 1 heterocycles. The van der Waals surface area contributed by atoms with Gasteiger partial charge in [-0.05, 0) is 49.4 Å². The first kappa shape index (κ1) is 15.2. The van der Waals surface area contributed by atoms with E-state index >= 15 is 0 Å². The van der Waals surface area contributed by atoms with Crippen molar-refractivity contribution in [1.29, 1.82) is 0 Å². The Hall–Kier alpha value is -1.23. The van der Waals surface area contributed by atoms with Crippen LogP contribution in [0, 0.1) is 5.92 Å². The SMILES string of the molecule is CC1CCCN(c2ccc(CCN)cc2C(F)(F)F)C1. The van der Waals surface area contributed by atoms with Crippen LogP contribution in [0.1, 0.15) is 30.9 Å². The quantitative estimate of drug-likeness (QED) is 0.922. The van der Waals surface area contributed by atoms with Crippen molar-refractivity contribution < 1.29 is 13.2 Å². The summed E-state index contributed by atoms with van der Waals surface area (Å²) in [5.41, 5.74) is 5.85. The molecule has 1 unspecified atom stereocenters. The molecule has 5 heteroatoms. The third-order valence-electron chi connectivity index (χ3n) is 3.80. The number of hydrogen-bond acceptors (Lipinski definition) is 2. The lowest BCUT2D eigenvalue weighted by molar-refractivity contribution is -0.137. The smallest absolute Gasteiger partial charge is 0.371 e. The van der Waals surface area contributed by atoms with E-state index in [4.69, 9.17) is 5.73 Å². The molecule has 0 bridgehead atoms. The Balaban J connectivity index is 2.36. The highest BCUT2D eigenvalue weighted by Gasteiger charge is 2.35. The van der Waals surface area contributed by atoms with Crippen LogP contribution in [0.5, 0.6) is 0 Å². The van der Waals surface area contributed by atoms with Gasteiger partial charge in [0.2, 0.25) is 0 Å². The summed E-state index contributed by atoms with van der Waals surface area (Å²) in [5.74, 6) is 0.438. The molecule has 0 amide bonds. The summed E-state index contributed by atoms with van der Waals surface area (Å²) in [7, 11) is 0. The molecule has 2 nitrogen and oxygen atoms in total. The number of benzene rings is 1. The van der Waals surface area contributed by atoms with Crippen LogP contribution in [-0.2, 0) is 12.6 Å². The molecule has 0 aromatic heterocycles. The van der Waals surface area contributed by atoms with E-state index in [1.807, 2.05) is 4.90 Å². The molecule has 112 valence electrons. The predicted molar refractivity (Wildman–Crippen MR) is 74.8 cm³/mol. The molecule has 1 aliphatic heterocycles. The highest BCUT2D eigenvalue weighted by molar-refractivity contribution is 5.57. The summed E-state index contributed by atoms with van der Waals surface area (Å²) in [6.07, 6.45) is -1.81. The molecule has 20 heavy (non-hydrogen) atoms. The van der Waals surface area contributed by atoms with Crippen molar-refractivity contribution in [3.63, 3.8) is 0 Å². The molecule has 1 fully saturated rings. The maximum Gasteiger partial charge on any atom is 0.418 e. The number of nitrogens with zero attached hydrogens (tertiary/aromatic N) is 1. The van der Waals surface area contributed by atoms with Gasteiger partial charge in [0.25, 0.3) is 0 Å². The Morgan fingerprint density at radius 3 is 2.70 bits per heavy atom. The van der Waals surface area contributed by atoms with E-state index < -0.39 is 11.7 Å². The van der Waals surface area contributed by atoms with E-state index in [1.165, 1.54) is 6.07 Å². The Labute approximate surface area is 117 Å².